The first-order valence-electron chi connectivity index (χ1n) is 13.1. The predicted molar refractivity (Wildman–Crippen MR) is 156 cm³/mol. The highest BCUT2D eigenvalue weighted by Gasteiger charge is 2.25. The summed E-state index contributed by atoms with van der Waals surface area (Å²) >= 11 is 0. The molecule has 2 amide bonds. The lowest BCUT2D eigenvalue weighted by Gasteiger charge is -2.29. The number of rotatable bonds is 11. The van der Waals surface area contributed by atoms with Crippen molar-refractivity contribution in [2.75, 3.05) is 30.0 Å². The highest BCUT2D eigenvalue weighted by Crippen LogP contribution is 2.34. The quantitative estimate of drug-likeness (QED) is 0.186. The van der Waals surface area contributed by atoms with Crippen molar-refractivity contribution in [3.8, 4) is 17.2 Å². The number of fused-ring (bicyclic) bond motifs is 1. The molecule has 7 heteroatoms. The standard InChI is InChI=1S/C33H30N2O5/c36-32(19-14-25-12-16-29(17-13-25)39-23-26-8-3-1-4-9-26)34-27-15-18-31-30(22-27)35(33(37)24-40-31)20-7-21-38-28-10-5-2-6-11-28/h1-6,8-19,22H,7,20-21,23-24H2,(H,34,36)/b19-14+. The molecule has 0 spiro atoms. The van der Waals surface area contributed by atoms with Crippen molar-refractivity contribution in [2.24, 2.45) is 0 Å². The van der Waals surface area contributed by atoms with Gasteiger partial charge in [0, 0.05) is 18.3 Å². The molecular formula is C33H30N2O5. The Hall–Kier alpha value is -5.04. The van der Waals surface area contributed by atoms with Crippen LogP contribution in [0.2, 0.25) is 0 Å². The van der Waals surface area contributed by atoms with Gasteiger partial charge in [0.25, 0.3) is 5.91 Å². The van der Waals surface area contributed by atoms with Gasteiger partial charge >= 0.3 is 0 Å². The summed E-state index contributed by atoms with van der Waals surface area (Å²) in [5.74, 6) is 1.74. The lowest BCUT2D eigenvalue weighted by atomic mass is 10.2. The number of carbonyl (C=O) groups is 2. The Kier molecular flexibility index (Phi) is 8.73. The number of hydrogen-bond donors (Lipinski definition) is 1. The summed E-state index contributed by atoms with van der Waals surface area (Å²) in [6.07, 6.45) is 3.86. The van der Waals surface area contributed by atoms with Crippen LogP contribution in [-0.4, -0.2) is 31.6 Å². The molecule has 0 aliphatic carbocycles. The van der Waals surface area contributed by atoms with Gasteiger partial charge in [0.05, 0.1) is 12.3 Å². The molecule has 0 unspecified atom stereocenters. The molecule has 0 atom stereocenters. The Morgan fingerprint density at radius 1 is 0.875 bits per heavy atom. The number of anilines is 2. The third kappa shape index (κ3) is 7.29. The largest absolute Gasteiger partial charge is 0.494 e. The van der Waals surface area contributed by atoms with E-state index in [0.717, 1.165) is 22.6 Å². The van der Waals surface area contributed by atoms with Gasteiger partial charge in [-0.1, -0.05) is 60.7 Å². The Morgan fingerprint density at radius 2 is 1.60 bits per heavy atom. The van der Waals surface area contributed by atoms with Gasteiger partial charge in [0.15, 0.2) is 6.61 Å². The number of ether oxygens (including phenoxy) is 3. The Balaban J connectivity index is 1.15. The number of para-hydroxylation sites is 1. The van der Waals surface area contributed by atoms with Crippen LogP contribution in [0.5, 0.6) is 17.2 Å². The molecule has 0 bridgehead atoms. The van der Waals surface area contributed by atoms with Crippen molar-refractivity contribution >= 4 is 29.3 Å². The number of amides is 2. The molecule has 1 aliphatic rings. The van der Waals surface area contributed by atoms with E-state index in [1.54, 1.807) is 29.2 Å². The smallest absolute Gasteiger partial charge is 0.265 e. The molecule has 0 saturated heterocycles. The molecule has 4 aromatic rings. The molecule has 4 aromatic carbocycles. The topological polar surface area (TPSA) is 77.1 Å². The van der Waals surface area contributed by atoms with Crippen LogP contribution in [0.1, 0.15) is 17.5 Å². The van der Waals surface area contributed by atoms with E-state index in [2.05, 4.69) is 5.32 Å². The van der Waals surface area contributed by atoms with Crippen molar-refractivity contribution in [3.05, 3.63) is 120 Å². The lowest BCUT2D eigenvalue weighted by molar-refractivity contribution is -0.121. The second-order valence-electron chi connectivity index (χ2n) is 9.20. The fourth-order valence-electron chi connectivity index (χ4n) is 4.23. The minimum Gasteiger partial charge on any atom is -0.494 e. The first-order chi connectivity index (χ1) is 19.6. The van der Waals surface area contributed by atoms with Gasteiger partial charge in [-0.25, -0.2) is 0 Å². The van der Waals surface area contributed by atoms with E-state index in [1.807, 2.05) is 84.9 Å². The van der Waals surface area contributed by atoms with Crippen LogP contribution >= 0.6 is 0 Å². The second kappa shape index (κ2) is 13.2. The predicted octanol–water partition coefficient (Wildman–Crippen LogP) is 6.11. The molecule has 1 aliphatic heterocycles. The SMILES string of the molecule is O=C(/C=C/c1ccc(OCc2ccccc2)cc1)Nc1ccc2c(c1)N(CCCOc1ccccc1)C(=O)CO2. The molecule has 1 N–H and O–H groups in total. The third-order valence-corrected chi connectivity index (χ3v) is 6.26. The van der Waals surface area contributed by atoms with E-state index < -0.39 is 0 Å². The summed E-state index contributed by atoms with van der Waals surface area (Å²) in [6.45, 7) is 1.43. The van der Waals surface area contributed by atoms with E-state index in [1.165, 1.54) is 6.08 Å². The van der Waals surface area contributed by atoms with E-state index in [0.29, 0.717) is 43.3 Å². The summed E-state index contributed by atoms with van der Waals surface area (Å²) in [6, 6.07) is 32.4. The zero-order chi connectivity index (χ0) is 27.6. The zero-order valence-corrected chi connectivity index (χ0v) is 22.0. The monoisotopic (exact) mass is 534 g/mol. The normalized spacial score (nSPS) is 12.5. The van der Waals surface area contributed by atoms with Gasteiger partial charge in [0.1, 0.15) is 23.9 Å². The van der Waals surface area contributed by atoms with Crippen LogP contribution in [0, 0.1) is 0 Å². The fourth-order valence-corrected chi connectivity index (χ4v) is 4.23. The van der Waals surface area contributed by atoms with Gasteiger partial charge in [-0.05, 0) is 66.1 Å². The van der Waals surface area contributed by atoms with E-state index >= 15 is 0 Å². The Bertz CT molecular complexity index is 1450. The number of carbonyl (C=O) groups excluding carboxylic acids is 2. The van der Waals surface area contributed by atoms with Crippen molar-refractivity contribution in [1.82, 2.24) is 0 Å². The summed E-state index contributed by atoms with van der Waals surface area (Å²) < 4.78 is 17.2. The number of benzene rings is 4. The fraction of sp³-hybridized carbons (Fsp3) is 0.152. The highest BCUT2D eigenvalue weighted by atomic mass is 16.5. The summed E-state index contributed by atoms with van der Waals surface area (Å²) in [4.78, 5) is 26.9. The van der Waals surface area contributed by atoms with Gasteiger partial charge in [-0.3, -0.25) is 9.59 Å². The van der Waals surface area contributed by atoms with Crippen LogP contribution in [0.15, 0.2) is 109 Å². The van der Waals surface area contributed by atoms with Gasteiger partial charge in [-0.2, -0.15) is 0 Å². The molecule has 1 heterocycles. The van der Waals surface area contributed by atoms with Crippen molar-refractivity contribution in [3.63, 3.8) is 0 Å². The maximum atomic E-state index is 12.6. The van der Waals surface area contributed by atoms with Crippen molar-refractivity contribution < 1.29 is 23.8 Å². The molecule has 0 saturated carbocycles. The van der Waals surface area contributed by atoms with Crippen LogP contribution in [-0.2, 0) is 16.2 Å². The molecule has 40 heavy (non-hydrogen) atoms. The number of nitrogens with one attached hydrogen (secondary N) is 1. The summed E-state index contributed by atoms with van der Waals surface area (Å²) in [5.41, 5.74) is 3.17. The van der Waals surface area contributed by atoms with Gasteiger partial charge in [-0.15, -0.1) is 0 Å². The average Bonchev–Trinajstić information content (AvgIpc) is 2.99. The Labute approximate surface area is 233 Å². The zero-order valence-electron chi connectivity index (χ0n) is 22.0. The number of nitrogens with zero attached hydrogens (tertiary/aromatic N) is 1. The van der Waals surface area contributed by atoms with Crippen LogP contribution < -0.4 is 24.4 Å². The van der Waals surface area contributed by atoms with Crippen LogP contribution in [0.3, 0.4) is 0 Å². The maximum absolute atomic E-state index is 12.6. The first kappa shape index (κ1) is 26.6. The van der Waals surface area contributed by atoms with Crippen molar-refractivity contribution in [1.29, 1.82) is 0 Å². The second-order valence-corrected chi connectivity index (χ2v) is 9.20. The van der Waals surface area contributed by atoms with Gasteiger partial charge in [0.2, 0.25) is 5.91 Å². The minimum atomic E-state index is -0.282. The molecule has 0 radical (unpaired) electrons. The minimum absolute atomic E-state index is 0.0168. The number of hydrogen-bond acceptors (Lipinski definition) is 5. The summed E-state index contributed by atoms with van der Waals surface area (Å²) in [7, 11) is 0. The van der Waals surface area contributed by atoms with E-state index in [4.69, 9.17) is 14.2 Å². The van der Waals surface area contributed by atoms with Gasteiger partial charge < -0.3 is 24.4 Å². The molecule has 0 aromatic heterocycles. The molecule has 202 valence electrons. The first-order valence-corrected chi connectivity index (χ1v) is 13.1. The maximum Gasteiger partial charge on any atom is 0.265 e. The van der Waals surface area contributed by atoms with E-state index in [-0.39, 0.29) is 18.4 Å². The van der Waals surface area contributed by atoms with Crippen LogP contribution in [0.25, 0.3) is 6.08 Å². The van der Waals surface area contributed by atoms with E-state index in [9.17, 15) is 9.59 Å². The van der Waals surface area contributed by atoms with Crippen molar-refractivity contribution in [2.45, 2.75) is 13.0 Å². The molecular weight excluding hydrogens is 504 g/mol. The molecule has 7 nitrogen and oxygen atoms in total. The molecule has 5 rings (SSSR count). The highest BCUT2D eigenvalue weighted by molar-refractivity contribution is 6.03. The third-order valence-electron chi connectivity index (χ3n) is 6.26. The summed E-state index contributed by atoms with van der Waals surface area (Å²) in [5, 5.41) is 2.87. The average molecular weight is 535 g/mol. The Morgan fingerprint density at radius 3 is 2.38 bits per heavy atom. The van der Waals surface area contributed by atoms with Crippen LogP contribution in [0.4, 0.5) is 11.4 Å². The lowest BCUT2D eigenvalue weighted by Crippen LogP contribution is -2.39. The molecule has 0 fully saturated rings.